The second-order valence-corrected chi connectivity index (χ2v) is 5.81. The molecule has 4 unspecified atom stereocenters. The van der Waals surface area contributed by atoms with E-state index in [-0.39, 0.29) is 29.5 Å². The van der Waals surface area contributed by atoms with E-state index in [9.17, 15) is 0 Å². The molecule has 2 aliphatic heterocycles. The zero-order valence-electron chi connectivity index (χ0n) is 11.0. The zero-order chi connectivity index (χ0) is 12.6. The van der Waals surface area contributed by atoms with Crippen LogP contribution in [0.1, 0.15) is 20.8 Å². The summed E-state index contributed by atoms with van der Waals surface area (Å²) in [5.41, 5.74) is -0.681. The van der Waals surface area contributed by atoms with E-state index in [1.807, 2.05) is 6.92 Å². The maximum atomic E-state index is 6.04. The topological polar surface area (TPSA) is 36.9 Å². The van der Waals surface area contributed by atoms with Gasteiger partial charge < -0.3 is 18.9 Å². The smallest absolute Gasteiger partial charge is 0.184 e. The Hall–Kier alpha value is -0.0951. The van der Waals surface area contributed by atoms with Crippen molar-refractivity contribution in [3.8, 4) is 0 Å². The lowest BCUT2D eigenvalue weighted by atomic mass is 9.42. The van der Waals surface area contributed by atoms with Gasteiger partial charge in [-0.3, -0.25) is 0 Å². The van der Waals surface area contributed by atoms with Gasteiger partial charge >= 0.3 is 0 Å². The van der Waals surface area contributed by atoms with Gasteiger partial charge in [0.25, 0.3) is 0 Å². The molecule has 0 aromatic carbocycles. The van der Waals surface area contributed by atoms with Gasteiger partial charge in [-0.25, -0.2) is 0 Å². The minimum Gasteiger partial charge on any atom is -0.379 e. The first-order valence-electron chi connectivity index (χ1n) is 6.08. The number of hydrogen-bond donors (Lipinski definition) is 0. The van der Waals surface area contributed by atoms with Crippen LogP contribution in [0.2, 0.25) is 0 Å². The van der Waals surface area contributed by atoms with Crippen LogP contribution >= 0.6 is 0 Å². The van der Waals surface area contributed by atoms with Crippen molar-refractivity contribution in [1.29, 1.82) is 0 Å². The van der Waals surface area contributed by atoms with Crippen molar-refractivity contribution in [3.05, 3.63) is 0 Å². The number of hydrogen-bond acceptors (Lipinski definition) is 4. The molecule has 17 heavy (non-hydrogen) atoms. The molecule has 94 valence electrons. The molecule has 0 amide bonds. The van der Waals surface area contributed by atoms with Crippen molar-refractivity contribution in [3.63, 3.8) is 0 Å². The van der Waals surface area contributed by atoms with Crippen molar-refractivity contribution in [1.82, 2.24) is 0 Å². The second-order valence-electron chi connectivity index (χ2n) is 5.81. The molecule has 0 spiro atoms. The van der Waals surface area contributed by atoms with Crippen LogP contribution in [0.3, 0.4) is 0 Å². The molecule has 3 rings (SSSR count). The Balaban J connectivity index is 2.05. The fourth-order valence-corrected chi connectivity index (χ4v) is 4.36. The average molecular weight is 238 g/mol. The van der Waals surface area contributed by atoms with Crippen molar-refractivity contribution in [2.24, 2.45) is 11.3 Å². The zero-order valence-corrected chi connectivity index (χ0v) is 11.0. The van der Waals surface area contributed by atoms with Gasteiger partial charge in [0.2, 0.25) is 0 Å². The normalized spacial score (nSPS) is 55.7. The third-order valence-corrected chi connectivity index (χ3v) is 5.27. The molecule has 3 aliphatic rings. The quantitative estimate of drug-likeness (QED) is 0.677. The third-order valence-electron chi connectivity index (χ3n) is 5.27. The summed E-state index contributed by atoms with van der Waals surface area (Å²) in [6.07, 6.45) is -0.105. The van der Waals surface area contributed by atoms with Crippen LogP contribution in [0.25, 0.3) is 0 Å². The summed E-state index contributed by atoms with van der Waals surface area (Å²) in [6, 6.07) is -0.386. The van der Waals surface area contributed by atoms with Crippen molar-refractivity contribution in [2.75, 3.05) is 14.2 Å². The summed E-state index contributed by atoms with van der Waals surface area (Å²) in [4.78, 5) is 0. The Kier molecular flexibility index (Phi) is 2.16. The van der Waals surface area contributed by atoms with Gasteiger partial charge in [-0.15, -0.1) is 0 Å². The van der Waals surface area contributed by atoms with E-state index >= 15 is 0 Å². The molecule has 5 heteroatoms. The van der Waals surface area contributed by atoms with E-state index in [1.165, 1.54) is 0 Å². The van der Waals surface area contributed by atoms with E-state index in [0.29, 0.717) is 0 Å². The van der Waals surface area contributed by atoms with Crippen LogP contribution in [0.15, 0.2) is 0 Å². The molecule has 0 aromatic heterocycles. The molecule has 0 N–H and O–H groups in total. The molecule has 3 fully saturated rings. The van der Waals surface area contributed by atoms with Gasteiger partial charge in [0.05, 0.1) is 23.5 Å². The minimum absolute atomic E-state index is 0.0364. The lowest BCUT2D eigenvalue weighted by molar-refractivity contribution is -0.509. The second kappa shape index (κ2) is 3.07. The summed E-state index contributed by atoms with van der Waals surface area (Å²) < 4.78 is 23.1. The molecular formula is C12H19BO4. The molecule has 0 bridgehead atoms. The maximum Gasteiger partial charge on any atom is 0.184 e. The first-order valence-corrected chi connectivity index (χ1v) is 6.08. The van der Waals surface area contributed by atoms with Crippen LogP contribution in [-0.2, 0) is 18.9 Å². The Labute approximate surface area is 103 Å². The van der Waals surface area contributed by atoms with Gasteiger partial charge in [0, 0.05) is 20.2 Å². The molecule has 2 radical (unpaired) electrons. The molecule has 2 heterocycles. The highest BCUT2D eigenvalue weighted by Crippen LogP contribution is 2.77. The Morgan fingerprint density at radius 1 is 1.24 bits per heavy atom. The largest absolute Gasteiger partial charge is 0.379 e. The number of ether oxygens (including phenoxy) is 4. The van der Waals surface area contributed by atoms with E-state index < -0.39 is 11.4 Å². The highest BCUT2D eigenvalue weighted by Gasteiger charge is 2.91. The third kappa shape index (κ3) is 0.886. The SMILES string of the molecule is [B]C1O[C@]2(C(C)OC)C3C1O[C@@]3(OC)C2(C)C. The standard InChI is InChI=1S/C12H19BO4/c1-6(14-4)11-8-7(9(13)17-11)16-12(8,15-5)10(11,2)3/h6-9H,1-5H3/t6?,7?,8?,9?,11-,12-/m1/s1. The lowest BCUT2D eigenvalue weighted by Crippen LogP contribution is -2.89. The first kappa shape index (κ1) is 12.0. The highest BCUT2D eigenvalue weighted by atomic mass is 16.8. The predicted molar refractivity (Wildman–Crippen MR) is 61.7 cm³/mol. The maximum absolute atomic E-state index is 6.04. The Bertz CT molecular complexity index is 360. The van der Waals surface area contributed by atoms with Crippen LogP contribution < -0.4 is 0 Å². The van der Waals surface area contributed by atoms with E-state index in [2.05, 4.69) is 13.8 Å². The fraction of sp³-hybridized carbons (Fsp3) is 1.00. The molecule has 4 nitrogen and oxygen atoms in total. The molecule has 1 aliphatic carbocycles. The van der Waals surface area contributed by atoms with E-state index in [4.69, 9.17) is 26.8 Å². The van der Waals surface area contributed by atoms with Gasteiger partial charge in [-0.1, -0.05) is 13.8 Å². The fourth-order valence-electron chi connectivity index (χ4n) is 4.36. The van der Waals surface area contributed by atoms with Crippen molar-refractivity contribution < 1.29 is 18.9 Å². The summed E-state index contributed by atoms with van der Waals surface area (Å²) in [5, 5.41) is 0. The van der Waals surface area contributed by atoms with Gasteiger partial charge in [-0.2, -0.15) is 0 Å². The summed E-state index contributed by atoms with van der Waals surface area (Å²) in [5.74, 6) is -0.390. The van der Waals surface area contributed by atoms with Crippen LogP contribution in [0.5, 0.6) is 0 Å². The molecular weight excluding hydrogens is 219 g/mol. The summed E-state index contributed by atoms with van der Waals surface area (Å²) >= 11 is 0. The Morgan fingerprint density at radius 3 is 2.41 bits per heavy atom. The highest BCUT2D eigenvalue weighted by molar-refractivity contribution is 6.12. The van der Waals surface area contributed by atoms with Gasteiger partial charge in [0.15, 0.2) is 5.79 Å². The van der Waals surface area contributed by atoms with Gasteiger partial charge in [-0.05, 0) is 6.92 Å². The van der Waals surface area contributed by atoms with Crippen LogP contribution in [0.4, 0.5) is 0 Å². The van der Waals surface area contributed by atoms with Gasteiger partial charge in [0.1, 0.15) is 13.4 Å². The van der Waals surface area contributed by atoms with Crippen molar-refractivity contribution in [2.45, 2.75) is 50.4 Å². The Morgan fingerprint density at radius 2 is 1.88 bits per heavy atom. The predicted octanol–water partition coefficient (Wildman–Crippen LogP) is 0.682. The number of methoxy groups -OCH3 is 2. The minimum atomic E-state index is -0.557. The molecule has 2 saturated heterocycles. The monoisotopic (exact) mass is 238 g/mol. The lowest BCUT2D eigenvalue weighted by Gasteiger charge is -2.75. The number of rotatable bonds is 3. The average Bonchev–Trinajstić information content (AvgIpc) is 2.42. The first-order chi connectivity index (χ1) is 7.89. The van der Waals surface area contributed by atoms with Crippen LogP contribution in [-0.4, -0.2) is 51.7 Å². The summed E-state index contributed by atoms with van der Waals surface area (Å²) in [7, 11) is 9.37. The molecule has 1 saturated carbocycles. The van der Waals surface area contributed by atoms with Crippen molar-refractivity contribution >= 4 is 7.85 Å². The molecule has 0 aromatic rings. The summed E-state index contributed by atoms with van der Waals surface area (Å²) in [6.45, 7) is 6.21. The molecule has 6 atom stereocenters. The van der Waals surface area contributed by atoms with E-state index in [1.54, 1.807) is 14.2 Å². The van der Waals surface area contributed by atoms with E-state index in [0.717, 1.165) is 0 Å². The van der Waals surface area contributed by atoms with Crippen LogP contribution in [0, 0.1) is 11.3 Å².